The molecule has 4 heteroatoms. The Morgan fingerprint density at radius 2 is 1.86 bits per heavy atom. The molecule has 3 nitrogen and oxygen atoms in total. The van der Waals surface area contributed by atoms with Crippen LogP contribution >= 0.6 is 11.6 Å². The van der Waals surface area contributed by atoms with Gasteiger partial charge in [-0.1, -0.05) is 41.9 Å². The van der Waals surface area contributed by atoms with E-state index < -0.39 is 0 Å². The lowest BCUT2D eigenvalue weighted by molar-refractivity contribution is 0.575. The quantitative estimate of drug-likeness (QED) is 0.758. The molecule has 0 spiro atoms. The minimum atomic E-state index is 0.208. The van der Waals surface area contributed by atoms with Gasteiger partial charge >= 0.3 is 0 Å². The van der Waals surface area contributed by atoms with Crippen LogP contribution in [0.1, 0.15) is 24.1 Å². The maximum atomic E-state index is 6.23. The second-order valence-corrected chi connectivity index (χ2v) is 5.65. The first kappa shape index (κ1) is 14.8. The Labute approximate surface area is 135 Å². The van der Waals surface area contributed by atoms with E-state index >= 15 is 0 Å². The third-order valence-electron chi connectivity index (χ3n) is 3.69. The fraction of sp³-hybridized carbons (Fsp3) is 0.167. The highest BCUT2D eigenvalue weighted by atomic mass is 35.5. The topological polar surface area (TPSA) is 29.9 Å². The van der Waals surface area contributed by atoms with E-state index in [0.717, 1.165) is 22.8 Å². The number of nitrogens with one attached hydrogen (secondary N) is 1. The highest BCUT2D eigenvalue weighted by molar-refractivity contribution is 6.31. The number of nitrogens with zero attached hydrogens (tertiary/aromatic N) is 2. The lowest BCUT2D eigenvalue weighted by Crippen LogP contribution is -2.18. The van der Waals surface area contributed by atoms with Crippen molar-refractivity contribution >= 4 is 11.6 Å². The fourth-order valence-electron chi connectivity index (χ4n) is 2.40. The first-order valence-electron chi connectivity index (χ1n) is 7.31. The van der Waals surface area contributed by atoms with Crippen molar-refractivity contribution in [2.24, 2.45) is 0 Å². The molecule has 1 atom stereocenters. The summed E-state index contributed by atoms with van der Waals surface area (Å²) in [5, 5.41) is 8.53. The van der Waals surface area contributed by atoms with E-state index in [9.17, 15) is 0 Å². The summed E-state index contributed by atoms with van der Waals surface area (Å²) in [7, 11) is 0. The predicted molar refractivity (Wildman–Crippen MR) is 90.3 cm³/mol. The van der Waals surface area contributed by atoms with Gasteiger partial charge in [0.15, 0.2) is 0 Å². The summed E-state index contributed by atoms with van der Waals surface area (Å²) < 4.78 is 1.85. The maximum Gasteiger partial charge on any atom is 0.0645 e. The summed E-state index contributed by atoms with van der Waals surface area (Å²) in [4.78, 5) is 0. The van der Waals surface area contributed by atoms with Gasteiger partial charge in [0.05, 0.1) is 5.69 Å². The van der Waals surface area contributed by atoms with Crippen LogP contribution < -0.4 is 5.32 Å². The van der Waals surface area contributed by atoms with Crippen LogP contribution in [0.15, 0.2) is 67.0 Å². The third-order valence-corrected chi connectivity index (χ3v) is 4.03. The number of hydrogen-bond acceptors (Lipinski definition) is 2. The molecule has 0 amide bonds. The van der Waals surface area contributed by atoms with Crippen molar-refractivity contribution in [1.29, 1.82) is 0 Å². The molecule has 0 saturated carbocycles. The van der Waals surface area contributed by atoms with E-state index in [1.54, 1.807) is 6.20 Å². The smallest absolute Gasteiger partial charge is 0.0645 e. The summed E-state index contributed by atoms with van der Waals surface area (Å²) in [6, 6.07) is 18.4. The molecule has 0 bridgehead atoms. The molecule has 0 fully saturated rings. The van der Waals surface area contributed by atoms with Crippen LogP contribution in [0.25, 0.3) is 5.69 Å². The molecule has 22 heavy (non-hydrogen) atoms. The molecule has 1 aromatic heterocycles. The van der Waals surface area contributed by atoms with Gasteiger partial charge in [-0.2, -0.15) is 5.10 Å². The average Bonchev–Trinajstić information content (AvgIpc) is 3.08. The largest absolute Gasteiger partial charge is 0.306 e. The Morgan fingerprint density at radius 3 is 2.55 bits per heavy atom. The Morgan fingerprint density at radius 1 is 1.09 bits per heavy atom. The SMILES string of the molecule is CC(NCc1ccc(-n2cccn2)cc1)c1ccccc1Cl. The van der Waals surface area contributed by atoms with E-state index in [0.29, 0.717) is 0 Å². The highest BCUT2D eigenvalue weighted by Gasteiger charge is 2.08. The maximum absolute atomic E-state index is 6.23. The number of halogens is 1. The molecule has 0 aliphatic heterocycles. The first-order chi connectivity index (χ1) is 10.7. The fourth-order valence-corrected chi connectivity index (χ4v) is 2.69. The molecule has 2 aromatic carbocycles. The summed E-state index contributed by atoms with van der Waals surface area (Å²) in [5.41, 5.74) is 3.42. The zero-order chi connectivity index (χ0) is 15.4. The monoisotopic (exact) mass is 311 g/mol. The van der Waals surface area contributed by atoms with Gasteiger partial charge in [0.1, 0.15) is 0 Å². The minimum absolute atomic E-state index is 0.208. The zero-order valence-corrected chi connectivity index (χ0v) is 13.2. The molecule has 0 aliphatic rings. The Bertz CT molecular complexity index is 720. The molecule has 0 radical (unpaired) electrons. The molecule has 1 heterocycles. The van der Waals surface area contributed by atoms with Gasteiger partial charge in [-0.25, -0.2) is 4.68 Å². The molecule has 0 saturated heterocycles. The van der Waals surface area contributed by atoms with Crippen molar-refractivity contribution < 1.29 is 0 Å². The standard InChI is InChI=1S/C18H18ClN3/c1-14(17-5-2-3-6-18(17)19)20-13-15-7-9-16(10-8-15)22-12-4-11-21-22/h2-12,14,20H,13H2,1H3. The van der Waals surface area contributed by atoms with Crippen molar-refractivity contribution in [2.45, 2.75) is 19.5 Å². The summed E-state index contributed by atoms with van der Waals surface area (Å²) >= 11 is 6.23. The van der Waals surface area contributed by atoms with Crippen LogP contribution in [-0.2, 0) is 6.54 Å². The average molecular weight is 312 g/mol. The highest BCUT2D eigenvalue weighted by Crippen LogP contribution is 2.22. The molecular weight excluding hydrogens is 294 g/mol. The summed E-state index contributed by atoms with van der Waals surface area (Å²) in [6.45, 7) is 2.92. The van der Waals surface area contributed by atoms with Crippen molar-refractivity contribution in [3.8, 4) is 5.69 Å². The van der Waals surface area contributed by atoms with Crippen LogP contribution in [0.2, 0.25) is 5.02 Å². The van der Waals surface area contributed by atoms with Crippen molar-refractivity contribution in [2.75, 3.05) is 0 Å². The van der Waals surface area contributed by atoms with Gasteiger partial charge < -0.3 is 5.32 Å². The Kier molecular flexibility index (Phi) is 4.56. The van der Waals surface area contributed by atoms with Gasteiger partial charge in [-0.15, -0.1) is 0 Å². The third kappa shape index (κ3) is 3.38. The lowest BCUT2D eigenvalue weighted by Gasteiger charge is -2.16. The second kappa shape index (κ2) is 6.77. The molecule has 0 aliphatic carbocycles. The zero-order valence-electron chi connectivity index (χ0n) is 12.4. The second-order valence-electron chi connectivity index (χ2n) is 5.24. The van der Waals surface area contributed by atoms with Crippen LogP contribution in [0.3, 0.4) is 0 Å². The summed E-state index contributed by atoms with van der Waals surface area (Å²) in [5.74, 6) is 0. The van der Waals surface area contributed by atoms with E-state index in [1.807, 2.05) is 35.1 Å². The number of benzene rings is 2. The molecule has 1 N–H and O–H groups in total. The summed E-state index contributed by atoms with van der Waals surface area (Å²) in [6.07, 6.45) is 3.72. The van der Waals surface area contributed by atoms with Crippen molar-refractivity contribution in [1.82, 2.24) is 15.1 Å². The van der Waals surface area contributed by atoms with E-state index in [1.165, 1.54) is 5.56 Å². The predicted octanol–water partition coefficient (Wildman–Crippen LogP) is 4.38. The lowest BCUT2D eigenvalue weighted by atomic mass is 10.1. The van der Waals surface area contributed by atoms with Crippen molar-refractivity contribution in [3.63, 3.8) is 0 Å². The molecule has 3 rings (SSSR count). The number of aromatic nitrogens is 2. The number of hydrogen-bond donors (Lipinski definition) is 1. The van der Waals surface area contributed by atoms with Crippen LogP contribution in [0.5, 0.6) is 0 Å². The van der Waals surface area contributed by atoms with E-state index in [-0.39, 0.29) is 6.04 Å². The van der Waals surface area contributed by atoms with Crippen molar-refractivity contribution in [3.05, 3.63) is 83.1 Å². The molecular formula is C18H18ClN3. The normalized spacial score (nSPS) is 12.3. The van der Waals surface area contributed by atoms with Crippen LogP contribution in [0.4, 0.5) is 0 Å². The number of rotatable bonds is 5. The molecule has 1 unspecified atom stereocenters. The van der Waals surface area contributed by atoms with E-state index in [4.69, 9.17) is 11.6 Å². The minimum Gasteiger partial charge on any atom is -0.306 e. The van der Waals surface area contributed by atoms with Crippen LogP contribution in [-0.4, -0.2) is 9.78 Å². The van der Waals surface area contributed by atoms with E-state index in [2.05, 4.69) is 47.7 Å². The van der Waals surface area contributed by atoms with Gasteiger partial charge in [-0.3, -0.25) is 0 Å². The Balaban J connectivity index is 1.63. The van der Waals surface area contributed by atoms with Gasteiger partial charge in [0.25, 0.3) is 0 Å². The van der Waals surface area contributed by atoms with Gasteiger partial charge in [0, 0.05) is 30.0 Å². The molecule has 3 aromatic rings. The van der Waals surface area contributed by atoms with Gasteiger partial charge in [0.2, 0.25) is 0 Å². The first-order valence-corrected chi connectivity index (χ1v) is 7.68. The molecule has 112 valence electrons. The van der Waals surface area contributed by atoms with Crippen LogP contribution in [0, 0.1) is 0 Å². The van der Waals surface area contributed by atoms with Gasteiger partial charge in [-0.05, 0) is 42.3 Å². The Hall–Kier alpha value is -2.10.